The lowest BCUT2D eigenvalue weighted by molar-refractivity contribution is -0.118. The van der Waals surface area contributed by atoms with Crippen molar-refractivity contribution in [2.75, 3.05) is 31.6 Å². The van der Waals surface area contributed by atoms with E-state index in [0.29, 0.717) is 18.0 Å². The number of halogens is 1. The third kappa shape index (κ3) is 4.93. The van der Waals surface area contributed by atoms with E-state index < -0.39 is 10.0 Å². The average molecular weight is 416 g/mol. The number of nitrogens with zero attached hydrogens (tertiary/aromatic N) is 1. The summed E-state index contributed by atoms with van der Waals surface area (Å²) in [6.07, 6.45) is 5.49. The fraction of sp³-hybridized carbons (Fsp3) is 0.611. The second-order valence-corrected chi connectivity index (χ2v) is 9.15. The van der Waals surface area contributed by atoms with Gasteiger partial charge >= 0.3 is 0 Å². The molecule has 2 heterocycles. The van der Waals surface area contributed by atoms with Crippen LogP contribution in [0.15, 0.2) is 17.0 Å². The van der Waals surface area contributed by atoms with Gasteiger partial charge in [0.15, 0.2) is 6.61 Å². The van der Waals surface area contributed by atoms with E-state index in [1.54, 1.807) is 0 Å². The molecule has 0 aromatic heterocycles. The van der Waals surface area contributed by atoms with Gasteiger partial charge in [0.2, 0.25) is 10.0 Å². The van der Waals surface area contributed by atoms with E-state index in [1.165, 1.54) is 12.1 Å². The Bertz CT molecular complexity index is 800. The maximum absolute atomic E-state index is 12.8. The number of fused-ring (bicyclic) bond motifs is 1. The molecule has 1 atom stereocenters. The third-order valence-corrected chi connectivity index (χ3v) is 6.90. The lowest BCUT2D eigenvalue weighted by Crippen LogP contribution is -2.46. The van der Waals surface area contributed by atoms with Gasteiger partial charge in [0.25, 0.3) is 5.91 Å². The molecule has 2 N–H and O–H groups in total. The number of likely N-dealkylation sites (tertiary alicyclic amines) is 1. The van der Waals surface area contributed by atoms with Crippen LogP contribution in [0, 0.1) is 0 Å². The quantitative estimate of drug-likeness (QED) is 0.714. The fourth-order valence-corrected chi connectivity index (χ4v) is 5.13. The van der Waals surface area contributed by atoms with Crippen molar-refractivity contribution < 1.29 is 17.9 Å². The van der Waals surface area contributed by atoms with Crippen molar-refractivity contribution in [2.45, 2.75) is 50.0 Å². The minimum absolute atomic E-state index is 0.0324. The van der Waals surface area contributed by atoms with Crippen LogP contribution in [0.4, 0.5) is 5.69 Å². The number of amides is 1. The van der Waals surface area contributed by atoms with Crippen molar-refractivity contribution in [3.05, 3.63) is 17.2 Å². The molecule has 1 fully saturated rings. The first-order valence-electron chi connectivity index (χ1n) is 9.40. The van der Waals surface area contributed by atoms with Crippen molar-refractivity contribution >= 4 is 33.2 Å². The number of sulfonamides is 1. The summed E-state index contributed by atoms with van der Waals surface area (Å²) < 4.78 is 33.6. The molecular weight excluding hydrogens is 390 g/mol. The van der Waals surface area contributed by atoms with Gasteiger partial charge in [-0.2, -0.15) is 0 Å². The molecule has 0 aliphatic carbocycles. The van der Waals surface area contributed by atoms with E-state index in [4.69, 9.17) is 16.3 Å². The van der Waals surface area contributed by atoms with Gasteiger partial charge in [0.05, 0.1) is 10.7 Å². The Balaban J connectivity index is 1.72. The number of unbranched alkanes of at least 4 members (excludes halogenated alkanes) is 1. The second-order valence-electron chi connectivity index (χ2n) is 7.01. The Kier molecular flexibility index (Phi) is 6.62. The molecule has 9 heteroatoms. The van der Waals surface area contributed by atoms with E-state index in [9.17, 15) is 13.2 Å². The van der Waals surface area contributed by atoms with Crippen LogP contribution in [0.2, 0.25) is 5.02 Å². The highest BCUT2D eigenvalue weighted by molar-refractivity contribution is 7.89. The Hall–Kier alpha value is -1.35. The number of hydrogen-bond donors (Lipinski definition) is 2. The molecule has 0 radical (unpaired) electrons. The normalized spacial score (nSPS) is 20.7. The lowest BCUT2D eigenvalue weighted by atomic mass is 10.0. The molecular formula is C18H26ClN3O4S. The first-order valence-corrected chi connectivity index (χ1v) is 11.3. The van der Waals surface area contributed by atoms with Gasteiger partial charge in [-0.25, -0.2) is 13.1 Å². The highest BCUT2D eigenvalue weighted by Crippen LogP contribution is 2.35. The maximum atomic E-state index is 12.8. The molecule has 7 nitrogen and oxygen atoms in total. The monoisotopic (exact) mass is 415 g/mol. The average Bonchev–Trinajstić information content (AvgIpc) is 2.64. The van der Waals surface area contributed by atoms with Crippen LogP contribution < -0.4 is 14.8 Å². The number of nitrogens with one attached hydrogen (secondary N) is 2. The van der Waals surface area contributed by atoms with Crippen LogP contribution in [0.5, 0.6) is 5.75 Å². The minimum Gasteiger partial charge on any atom is -0.482 e. The first-order chi connectivity index (χ1) is 12.9. The molecule has 1 aromatic rings. The van der Waals surface area contributed by atoms with Gasteiger partial charge in [-0.15, -0.1) is 0 Å². The standard InChI is InChI=1S/C18H26ClN3O4S/c1-2-3-7-22-8-5-4-6-13(22)11-20-27(24,25)17-10-16-15(9-14(17)19)21-18(23)12-26-16/h9-10,13,20H,2-8,11-12H2,1H3,(H,21,23)/t13-/m0/s1. The van der Waals surface area contributed by atoms with Gasteiger partial charge in [0.1, 0.15) is 10.6 Å². The number of hydrogen-bond acceptors (Lipinski definition) is 5. The molecule has 2 aliphatic heterocycles. The highest BCUT2D eigenvalue weighted by Gasteiger charge is 2.27. The van der Waals surface area contributed by atoms with E-state index in [1.807, 2.05) is 0 Å². The zero-order chi connectivity index (χ0) is 19.4. The van der Waals surface area contributed by atoms with Crippen molar-refractivity contribution in [2.24, 2.45) is 0 Å². The Morgan fingerprint density at radius 3 is 2.96 bits per heavy atom. The molecule has 1 amide bonds. The molecule has 0 spiro atoms. The fourth-order valence-electron chi connectivity index (χ4n) is 3.52. The summed E-state index contributed by atoms with van der Waals surface area (Å²) in [4.78, 5) is 13.7. The van der Waals surface area contributed by atoms with Crippen LogP contribution in [0.25, 0.3) is 0 Å². The SMILES string of the molecule is CCCCN1CCCC[C@H]1CNS(=O)(=O)c1cc2c(cc1Cl)NC(=O)CO2. The Labute approximate surface area is 165 Å². The van der Waals surface area contributed by atoms with E-state index in [0.717, 1.165) is 45.2 Å². The Morgan fingerprint density at radius 1 is 1.37 bits per heavy atom. The van der Waals surface area contributed by atoms with Gasteiger partial charge < -0.3 is 10.1 Å². The number of ether oxygens (including phenoxy) is 1. The van der Waals surface area contributed by atoms with Gasteiger partial charge in [-0.05, 0) is 38.4 Å². The molecule has 150 valence electrons. The summed E-state index contributed by atoms with van der Waals surface area (Å²) >= 11 is 6.18. The predicted molar refractivity (Wildman–Crippen MR) is 105 cm³/mol. The van der Waals surface area contributed by atoms with Crippen LogP contribution in [-0.2, 0) is 14.8 Å². The lowest BCUT2D eigenvalue weighted by Gasteiger charge is -2.35. The smallest absolute Gasteiger partial charge is 0.262 e. The number of anilines is 1. The molecule has 27 heavy (non-hydrogen) atoms. The number of rotatable bonds is 7. The molecule has 0 saturated carbocycles. The number of benzene rings is 1. The summed E-state index contributed by atoms with van der Waals surface area (Å²) in [7, 11) is -3.78. The molecule has 0 unspecified atom stereocenters. The van der Waals surface area contributed by atoms with E-state index in [-0.39, 0.29) is 28.5 Å². The zero-order valence-corrected chi connectivity index (χ0v) is 17.0. The van der Waals surface area contributed by atoms with Crippen LogP contribution in [-0.4, -0.2) is 51.5 Å². The van der Waals surface area contributed by atoms with Gasteiger partial charge in [-0.3, -0.25) is 9.69 Å². The van der Waals surface area contributed by atoms with Gasteiger partial charge in [0, 0.05) is 18.7 Å². The summed E-state index contributed by atoms with van der Waals surface area (Å²) in [5.74, 6) is 0.0124. The molecule has 0 bridgehead atoms. The molecule has 1 saturated heterocycles. The topological polar surface area (TPSA) is 87.7 Å². The highest BCUT2D eigenvalue weighted by atomic mass is 35.5. The second kappa shape index (κ2) is 8.77. The van der Waals surface area contributed by atoms with Crippen LogP contribution in [0.1, 0.15) is 39.0 Å². The van der Waals surface area contributed by atoms with Crippen molar-refractivity contribution in [1.82, 2.24) is 9.62 Å². The first kappa shape index (κ1) is 20.4. The van der Waals surface area contributed by atoms with Crippen molar-refractivity contribution in [3.8, 4) is 5.75 Å². The number of piperidine rings is 1. The summed E-state index contributed by atoms with van der Waals surface area (Å²) in [5, 5.41) is 2.67. The van der Waals surface area contributed by atoms with Crippen molar-refractivity contribution in [1.29, 1.82) is 0 Å². The van der Waals surface area contributed by atoms with Gasteiger partial charge in [-0.1, -0.05) is 31.4 Å². The van der Waals surface area contributed by atoms with Crippen molar-refractivity contribution in [3.63, 3.8) is 0 Å². The minimum atomic E-state index is -3.78. The van der Waals surface area contributed by atoms with E-state index in [2.05, 4.69) is 21.9 Å². The predicted octanol–water partition coefficient (Wildman–Crippen LogP) is 2.60. The third-order valence-electron chi connectivity index (χ3n) is 5.01. The number of carbonyl (C=O) groups is 1. The molecule has 1 aromatic carbocycles. The van der Waals surface area contributed by atoms with Crippen LogP contribution >= 0.6 is 11.6 Å². The number of carbonyl (C=O) groups excluding carboxylic acids is 1. The maximum Gasteiger partial charge on any atom is 0.262 e. The molecule has 2 aliphatic rings. The summed E-state index contributed by atoms with van der Waals surface area (Å²) in [5.41, 5.74) is 0.383. The Morgan fingerprint density at radius 2 is 2.19 bits per heavy atom. The largest absolute Gasteiger partial charge is 0.482 e. The summed E-state index contributed by atoms with van der Waals surface area (Å²) in [6.45, 7) is 4.38. The van der Waals surface area contributed by atoms with Crippen LogP contribution in [0.3, 0.4) is 0 Å². The van der Waals surface area contributed by atoms with E-state index >= 15 is 0 Å². The molecule has 3 rings (SSSR count). The summed E-state index contributed by atoms with van der Waals surface area (Å²) in [6, 6.07) is 2.98. The zero-order valence-electron chi connectivity index (χ0n) is 15.5.